The Morgan fingerprint density at radius 1 is 1.43 bits per heavy atom. The van der Waals surface area contributed by atoms with E-state index >= 15 is 0 Å². The summed E-state index contributed by atoms with van der Waals surface area (Å²) in [7, 11) is -1.45. The normalized spacial score (nSPS) is 11.9. The van der Waals surface area contributed by atoms with E-state index in [1.54, 1.807) is 33.2 Å². The van der Waals surface area contributed by atoms with E-state index in [0.717, 1.165) is 0 Å². The lowest BCUT2D eigenvalue weighted by Gasteiger charge is -2.16. The van der Waals surface area contributed by atoms with Crippen molar-refractivity contribution in [2.45, 2.75) is 13.8 Å². The van der Waals surface area contributed by atoms with E-state index in [1.807, 2.05) is 0 Å². The molecule has 0 unspecified atom stereocenters. The zero-order valence-corrected chi connectivity index (χ0v) is 9.53. The summed E-state index contributed by atoms with van der Waals surface area (Å²) in [4.78, 5) is 0. The van der Waals surface area contributed by atoms with Crippen LogP contribution in [-0.2, 0) is 20.7 Å². The fourth-order valence-corrected chi connectivity index (χ4v) is 2.82. The maximum Gasteiger partial charge on any atom is 0.379 e. The fourth-order valence-electron chi connectivity index (χ4n) is 1.15. The third-order valence-corrected chi connectivity index (χ3v) is 3.87. The van der Waals surface area contributed by atoms with Crippen LogP contribution >= 0.6 is 7.60 Å². The second kappa shape index (κ2) is 4.73. The van der Waals surface area contributed by atoms with Gasteiger partial charge in [-0.1, -0.05) is 0 Å². The Balaban J connectivity index is 2.99. The summed E-state index contributed by atoms with van der Waals surface area (Å²) in [6.45, 7) is 4.26. The van der Waals surface area contributed by atoms with E-state index in [9.17, 15) is 4.57 Å². The van der Waals surface area contributed by atoms with Crippen LogP contribution < -0.4 is 5.44 Å². The Morgan fingerprint density at radius 2 is 2.00 bits per heavy atom. The molecule has 0 radical (unpaired) electrons. The lowest BCUT2D eigenvalue weighted by atomic mass is 10.7. The molecule has 0 aromatic carbocycles. The van der Waals surface area contributed by atoms with Gasteiger partial charge in [0.1, 0.15) is 5.44 Å². The molecule has 0 aliphatic rings. The smallest absolute Gasteiger partial charge is 0.304 e. The van der Waals surface area contributed by atoms with Crippen molar-refractivity contribution >= 4 is 13.0 Å². The molecule has 1 rings (SSSR count). The van der Waals surface area contributed by atoms with Gasteiger partial charge in [0.2, 0.25) is 0 Å². The molecule has 1 aromatic heterocycles. The molecule has 0 saturated heterocycles. The monoisotopic (exact) mass is 218 g/mol. The standard InChI is InChI=1S/C8H15N2O3P/c1-4-12-14(11,13-5-2)8-6-7-9-10(8)3/h6-7H,4-5H2,1-3H3. The number of aromatic nitrogens is 2. The summed E-state index contributed by atoms with van der Waals surface area (Å²) in [6.07, 6.45) is 1.57. The first-order valence-electron chi connectivity index (χ1n) is 4.51. The number of hydrogen-bond acceptors (Lipinski definition) is 4. The van der Waals surface area contributed by atoms with Crippen molar-refractivity contribution in [1.29, 1.82) is 0 Å². The summed E-state index contributed by atoms with van der Waals surface area (Å²) in [5.41, 5.74) is 0.487. The van der Waals surface area contributed by atoms with Crippen LogP contribution in [0.4, 0.5) is 0 Å². The maximum atomic E-state index is 12.2. The highest BCUT2D eigenvalue weighted by Crippen LogP contribution is 2.46. The summed E-state index contributed by atoms with van der Waals surface area (Å²) < 4.78 is 24.0. The molecule has 1 aromatic rings. The van der Waals surface area contributed by atoms with Gasteiger partial charge < -0.3 is 9.05 Å². The highest BCUT2D eigenvalue weighted by molar-refractivity contribution is 7.61. The topological polar surface area (TPSA) is 53.4 Å². The van der Waals surface area contributed by atoms with Gasteiger partial charge in [0.15, 0.2) is 0 Å². The molecule has 0 N–H and O–H groups in total. The first-order valence-corrected chi connectivity index (χ1v) is 6.06. The van der Waals surface area contributed by atoms with Gasteiger partial charge in [-0.25, -0.2) is 0 Å². The molecule has 0 saturated carbocycles. The van der Waals surface area contributed by atoms with E-state index in [0.29, 0.717) is 18.6 Å². The van der Waals surface area contributed by atoms with Crippen LogP contribution in [0.3, 0.4) is 0 Å². The van der Waals surface area contributed by atoms with E-state index in [2.05, 4.69) is 5.10 Å². The van der Waals surface area contributed by atoms with Crippen molar-refractivity contribution in [2.24, 2.45) is 7.05 Å². The number of nitrogens with zero attached hydrogens (tertiary/aromatic N) is 2. The molecule has 0 amide bonds. The molecule has 1 heterocycles. The van der Waals surface area contributed by atoms with Crippen LogP contribution in [0.2, 0.25) is 0 Å². The summed E-state index contributed by atoms with van der Waals surface area (Å²) >= 11 is 0. The second-order valence-corrected chi connectivity index (χ2v) is 4.62. The summed E-state index contributed by atoms with van der Waals surface area (Å²) in [6, 6.07) is 1.64. The van der Waals surface area contributed by atoms with Crippen molar-refractivity contribution in [3.63, 3.8) is 0 Å². The Bertz CT molecular complexity index is 327. The lowest BCUT2D eigenvalue weighted by molar-refractivity contribution is 0.228. The first kappa shape index (κ1) is 11.4. The number of rotatable bonds is 5. The molecule has 0 spiro atoms. The lowest BCUT2D eigenvalue weighted by Crippen LogP contribution is -2.18. The van der Waals surface area contributed by atoms with Crippen molar-refractivity contribution < 1.29 is 13.6 Å². The molecule has 0 aliphatic heterocycles. The van der Waals surface area contributed by atoms with Crippen molar-refractivity contribution in [2.75, 3.05) is 13.2 Å². The van der Waals surface area contributed by atoms with Gasteiger partial charge in [-0.05, 0) is 19.9 Å². The molecular formula is C8H15N2O3P. The molecule has 5 nitrogen and oxygen atoms in total. The SMILES string of the molecule is CCOP(=O)(OCC)c1ccnn1C. The molecular weight excluding hydrogens is 203 g/mol. The molecule has 0 aliphatic carbocycles. The van der Waals surface area contributed by atoms with Crippen LogP contribution in [0.5, 0.6) is 0 Å². The van der Waals surface area contributed by atoms with E-state index in [-0.39, 0.29) is 0 Å². The van der Waals surface area contributed by atoms with Crippen LogP contribution in [0.15, 0.2) is 12.3 Å². The number of hydrogen-bond donors (Lipinski definition) is 0. The van der Waals surface area contributed by atoms with Gasteiger partial charge in [0, 0.05) is 13.2 Å². The van der Waals surface area contributed by atoms with Gasteiger partial charge in [-0.3, -0.25) is 9.25 Å². The van der Waals surface area contributed by atoms with Gasteiger partial charge in [0.05, 0.1) is 13.2 Å². The molecule has 0 atom stereocenters. The summed E-state index contributed by atoms with van der Waals surface area (Å²) in [5, 5.41) is 3.93. The second-order valence-electron chi connectivity index (χ2n) is 2.65. The zero-order valence-electron chi connectivity index (χ0n) is 8.64. The van der Waals surface area contributed by atoms with Crippen LogP contribution in [0.1, 0.15) is 13.8 Å². The van der Waals surface area contributed by atoms with Crippen molar-refractivity contribution in [3.8, 4) is 0 Å². The molecule has 80 valence electrons. The quantitative estimate of drug-likeness (QED) is 0.699. The van der Waals surface area contributed by atoms with E-state index in [4.69, 9.17) is 9.05 Å². The maximum absolute atomic E-state index is 12.2. The van der Waals surface area contributed by atoms with Crippen molar-refractivity contribution in [3.05, 3.63) is 12.3 Å². The third kappa shape index (κ3) is 2.23. The molecule has 14 heavy (non-hydrogen) atoms. The van der Waals surface area contributed by atoms with Crippen LogP contribution in [-0.4, -0.2) is 23.0 Å². The molecule has 0 bridgehead atoms. The minimum Gasteiger partial charge on any atom is -0.304 e. The summed E-state index contributed by atoms with van der Waals surface area (Å²) in [5.74, 6) is 0. The van der Waals surface area contributed by atoms with Crippen molar-refractivity contribution in [1.82, 2.24) is 9.78 Å². The van der Waals surface area contributed by atoms with Crippen LogP contribution in [0, 0.1) is 0 Å². The van der Waals surface area contributed by atoms with Gasteiger partial charge >= 0.3 is 7.60 Å². The minimum atomic E-state index is -3.16. The Morgan fingerprint density at radius 3 is 2.36 bits per heavy atom. The number of aryl methyl sites for hydroxylation is 1. The van der Waals surface area contributed by atoms with Gasteiger partial charge in [-0.15, -0.1) is 0 Å². The Kier molecular flexibility index (Phi) is 3.86. The zero-order chi connectivity index (χ0) is 10.6. The largest absolute Gasteiger partial charge is 0.379 e. The predicted octanol–water partition coefficient (Wildman–Crippen LogP) is 1.31. The molecule has 6 heteroatoms. The average molecular weight is 218 g/mol. The Labute approximate surface area is 83.6 Å². The van der Waals surface area contributed by atoms with Crippen LogP contribution in [0.25, 0.3) is 0 Å². The minimum absolute atomic E-state index is 0.350. The fraction of sp³-hybridized carbons (Fsp3) is 0.625. The first-order chi connectivity index (χ1) is 6.64. The average Bonchev–Trinajstić information content (AvgIpc) is 2.52. The highest BCUT2D eigenvalue weighted by Gasteiger charge is 2.29. The van der Waals surface area contributed by atoms with E-state index in [1.165, 1.54) is 4.68 Å². The molecule has 0 fully saturated rings. The van der Waals surface area contributed by atoms with E-state index < -0.39 is 7.60 Å². The van der Waals surface area contributed by atoms with Gasteiger partial charge in [-0.2, -0.15) is 5.10 Å². The predicted molar refractivity (Wildman–Crippen MR) is 53.7 cm³/mol. The van der Waals surface area contributed by atoms with Gasteiger partial charge in [0.25, 0.3) is 0 Å². The third-order valence-electron chi connectivity index (χ3n) is 1.67. The Hall–Kier alpha value is -0.640. The highest BCUT2D eigenvalue weighted by atomic mass is 31.2.